The summed E-state index contributed by atoms with van der Waals surface area (Å²) in [5.74, 6) is -2.31. The average molecular weight is 400 g/mol. The molecule has 0 bridgehead atoms. The number of fused-ring (bicyclic) bond motifs is 5. The molecule has 6 atom stereocenters. The van der Waals surface area contributed by atoms with Gasteiger partial charge in [0.05, 0.1) is 6.61 Å². The average Bonchev–Trinajstić information content (AvgIpc) is 2.93. The van der Waals surface area contributed by atoms with E-state index >= 15 is 0 Å². The van der Waals surface area contributed by atoms with Crippen LogP contribution >= 0.6 is 0 Å². The Kier molecular flexibility index (Phi) is 4.50. The molecule has 6 nitrogen and oxygen atoms in total. The molecule has 3 saturated carbocycles. The maximum atomic E-state index is 13.4. The van der Waals surface area contributed by atoms with E-state index < -0.39 is 28.2 Å². The van der Waals surface area contributed by atoms with Gasteiger partial charge in [0.15, 0.2) is 5.78 Å². The standard InChI is InChI=1S/C23H28O6/c1-4-29-20(27)19(26)23(28)10-8-16-15-6-5-13-11-14(24)7-9-21(13,2)18(15)17(25)12-22(16,23)3/h7,9,11,15-16,18,28H,4-6,8,10,12H2,1-3H3. The number of hydrogen-bond donors (Lipinski definition) is 1. The van der Waals surface area contributed by atoms with Gasteiger partial charge >= 0.3 is 5.97 Å². The number of hydrogen-bond acceptors (Lipinski definition) is 6. The zero-order valence-corrected chi connectivity index (χ0v) is 17.2. The van der Waals surface area contributed by atoms with Gasteiger partial charge in [-0.15, -0.1) is 0 Å². The van der Waals surface area contributed by atoms with Crippen LogP contribution in [-0.2, 0) is 23.9 Å². The molecule has 0 spiro atoms. The molecule has 6 unspecified atom stereocenters. The van der Waals surface area contributed by atoms with Gasteiger partial charge in [-0.25, -0.2) is 4.79 Å². The number of carbonyl (C=O) groups is 4. The quantitative estimate of drug-likeness (QED) is 0.577. The van der Waals surface area contributed by atoms with Gasteiger partial charge in [0.2, 0.25) is 0 Å². The zero-order valence-electron chi connectivity index (χ0n) is 17.2. The van der Waals surface area contributed by atoms with Crippen molar-refractivity contribution in [2.75, 3.05) is 6.61 Å². The van der Waals surface area contributed by atoms with Crippen molar-refractivity contribution in [3.05, 3.63) is 23.8 Å². The number of esters is 1. The van der Waals surface area contributed by atoms with E-state index in [4.69, 9.17) is 4.74 Å². The number of aliphatic hydroxyl groups is 1. The molecule has 6 heteroatoms. The van der Waals surface area contributed by atoms with Crippen LogP contribution in [0.1, 0.15) is 52.9 Å². The van der Waals surface area contributed by atoms with Crippen molar-refractivity contribution in [3.8, 4) is 0 Å². The Morgan fingerprint density at radius 1 is 1.24 bits per heavy atom. The Balaban J connectivity index is 1.71. The minimum absolute atomic E-state index is 0.00201. The highest BCUT2D eigenvalue weighted by atomic mass is 16.5. The van der Waals surface area contributed by atoms with E-state index in [1.165, 1.54) is 0 Å². The first-order valence-corrected chi connectivity index (χ1v) is 10.5. The second kappa shape index (κ2) is 6.46. The van der Waals surface area contributed by atoms with Crippen LogP contribution in [0.2, 0.25) is 0 Å². The maximum Gasteiger partial charge on any atom is 0.377 e. The molecule has 156 valence electrons. The minimum atomic E-state index is -1.88. The van der Waals surface area contributed by atoms with Gasteiger partial charge in [-0.1, -0.05) is 25.5 Å². The van der Waals surface area contributed by atoms with Crippen LogP contribution in [0.4, 0.5) is 0 Å². The van der Waals surface area contributed by atoms with Gasteiger partial charge in [0, 0.05) is 23.2 Å². The molecule has 29 heavy (non-hydrogen) atoms. The van der Waals surface area contributed by atoms with E-state index in [0.717, 1.165) is 18.4 Å². The third-order valence-corrected chi connectivity index (χ3v) is 8.25. The third kappa shape index (κ3) is 2.57. The predicted molar refractivity (Wildman–Crippen MR) is 104 cm³/mol. The number of Topliss-reactive ketones (excluding diaryl/α,β-unsaturated/α-hetero) is 2. The first-order chi connectivity index (χ1) is 13.6. The minimum Gasteiger partial charge on any atom is -0.460 e. The summed E-state index contributed by atoms with van der Waals surface area (Å²) in [4.78, 5) is 50.2. The molecule has 0 aromatic rings. The number of rotatable bonds is 3. The van der Waals surface area contributed by atoms with Crippen LogP contribution in [0.3, 0.4) is 0 Å². The lowest BCUT2D eigenvalue weighted by molar-refractivity contribution is -0.177. The van der Waals surface area contributed by atoms with Crippen LogP contribution in [-0.4, -0.2) is 40.6 Å². The molecule has 4 aliphatic rings. The Bertz CT molecular complexity index is 869. The van der Waals surface area contributed by atoms with Crippen molar-refractivity contribution in [1.29, 1.82) is 0 Å². The maximum absolute atomic E-state index is 13.4. The summed E-state index contributed by atoms with van der Waals surface area (Å²) in [5, 5.41) is 11.4. The molecule has 0 aliphatic heterocycles. The van der Waals surface area contributed by atoms with Gasteiger partial charge in [0.25, 0.3) is 5.78 Å². The van der Waals surface area contributed by atoms with Gasteiger partial charge in [-0.3, -0.25) is 14.4 Å². The topological polar surface area (TPSA) is 97.7 Å². The fourth-order valence-corrected chi connectivity index (χ4v) is 6.77. The molecule has 0 saturated heterocycles. The normalized spacial score (nSPS) is 43.2. The van der Waals surface area contributed by atoms with Gasteiger partial charge in [0.1, 0.15) is 11.4 Å². The lowest BCUT2D eigenvalue weighted by atomic mass is 9.46. The van der Waals surface area contributed by atoms with Gasteiger partial charge in [-0.2, -0.15) is 0 Å². The summed E-state index contributed by atoms with van der Waals surface area (Å²) in [6.45, 7) is 5.47. The summed E-state index contributed by atoms with van der Waals surface area (Å²) in [6, 6.07) is 0. The lowest BCUT2D eigenvalue weighted by Crippen LogP contribution is -2.61. The summed E-state index contributed by atoms with van der Waals surface area (Å²) in [5.41, 5.74) is -2.36. The highest BCUT2D eigenvalue weighted by Crippen LogP contribution is 2.66. The molecular weight excluding hydrogens is 372 g/mol. The smallest absolute Gasteiger partial charge is 0.377 e. The highest BCUT2D eigenvalue weighted by molar-refractivity contribution is 6.37. The fourth-order valence-electron chi connectivity index (χ4n) is 6.77. The van der Waals surface area contributed by atoms with Crippen molar-refractivity contribution < 1.29 is 29.0 Å². The van der Waals surface area contributed by atoms with Crippen molar-refractivity contribution in [3.63, 3.8) is 0 Å². The largest absolute Gasteiger partial charge is 0.460 e. The van der Waals surface area contributed by atoms with Gasteiger partial charge < -0.3 is 9.84 Å². The fraction of sp³-hybridized carbons (Fsp3) is 0.652. The van der Waals surface area contributed by atoms with Crippen LogP contribution in [0, 0.1) is 28.6 Å². The number of allylic oxidation sites excluding steroid dienone is 4. The first kappa shape index (κ1) is 20.2. The number of carbonyl (C=O) groups excluding carboxylic acids is 4. The Morgan fingerprint density at radius 2 is 1.97 bits per heavy atom. The van der Waals surface area contributed by atoms with Crippen molar-refractivity contribution >= 4 is 23.3 Å². The lowest BCUT2D eigenvalue weighted by Gasteiger charge is -2.56. The van der Waals surface area contributed by atoms with E-state index in [1.54, 1.807) is 26.0 Å². The second-order valence-electron chi connectivity index (χ2n) is 9.48. The number of ether oxygens (including phenoxy) is 1. The van der Waals surface area contributed by atoms with E-state index in [9.17, 15) is 24.3 Å². The zero-order chi connectivity index (χ0) is 21.2. The first-order valence-electron chi connectivity index (χ1n) is 10.5. The molecule has 4 aliphatic carbocycles. The van der Waals surface area contributed by atoms with Crippen molar-refractivity contribution in [1.82, 2.24) is 0 Å². The molecular formula is C23H28O6. The van der Waals surface area contributed by atoms with E-state index in [0.29, 0.717) is 6.42 Å². The molecule has 0 amide bonds. The molecule has 1 N–H and O–H groups in total. The third-order valence-electron chi connectivity index (χ3n) is 8.25. The van der Waals surface area contributed by atoms with Crippen LogP contribution < -0.4 is 0 Å². The van der Waals surface area contributed by atoms with Crippen LogP contribution in [0.15, 0.2) is 23.8 Å². The second-order valence-corrected chi connectivity index (χ2v) is 9.48. The van der Waals surface area contributed by atoms with E-state index in [-0.39, 0.29) is 48.8 Å². The molecule has 0 radical (unpaired) electrons. The van der Waals surface area contributed by atoms with Crippen molar-refractivity contribution in [2.24, 2.45) is 28.6 Å². The van der Waals surface area contributed by atoms with Crippen LogP contribution in [0.25, 0.3) is 0 Å². The Morgan fingerprint density at radius 3 is 2.66 bits per heavy atom. The molecule has 4 rings (SSSR count). The van der Waals surface area contributed by atoms with E-state index in [1.807, 2.05) is 13.0 Å². The molecule has 0 heterocycles. The number of ketones is 3. The summed E-state index contributed by atoms with van der Waals surface area (Å²) < 4.78 is 4.85. The summed E-state index contributed by atoms with van der Waals surface area (Å²) >= 11 is 0. The Hall–Kier alpha value is -2.08. The van der Waals surface area contributed by atoms with Crippen molar-refractivity contribution in [2.45, 2.75) is 58.5 Å². The summed E-state index contributed by atoms with van der Waals surface area (Å²) in [7, 11) is 0. The predicted octanol–water partition coefficient (Wildman–Crippen LogP) is 2.34. The highest BCUT2D eigenvalue weighted by Gasteiger charge is 2.69. The summed E-state index contributed by atoms with van der Waals surface area (Å²) in [6.07, 6.45) is 7.33. The van der Waals surface area contributed by atoms with Gasteiger partial charge in [-0.05, 0) is 56.6 Å². The van der Waals surface area contributed by atoms with Crippen LogP contribution in [0.5, 0.6) is 0 Å². The Labute approximate surface area is 170 Å². The van der Waals surface area contributed by atoms with E-state index in [2.05, 4.69) is 0 Å². The monoisotopic (exact) mass is 400 g/mol. The SMILES string of the molecule is CCOC(=O)C(=O)C1(O)CCC2C3CCC4=CC(=O)C=CC4(C)C3C(=O)CC21C. The molecule has 3 fully saturated rings. The molecule has 0 aromatic heterocycles. The molecule has 0 aromatic carbocycles.